The zero-order valence-corrected chi connectivity index (χ0v) is 31.2. The van der Waals surface area contributed by atoms with Gasteiger partial charge >= 0.3 is 0 Å². The van der Waals surface area contributed by atoms with Gasteiger partial charge < -0.3 is 8.98 Å². The van der Waals surface area contributed by atoms with E-state index in [2.05, 4.69) is 180 Å². The van der Waals surface area contributed by atoms with Crippen LogP contribution in [0.4, 0.5) is 0 Å². The molecule has 12 rings (SSSR count). The fourth-order valence-corrected chi connectivity index (χ4v) is 9.60. The summed E-state index contributed by atoms with van der Waals surface area (Å²) in [6, 6.07) is 63.7. The summed E-state index contributed by atoms with van der Waals surface area (Å²) in [4.78, 5) is 15.8. The number of benzene rings is 8. The highest BCUT2D eigenvalue weighted by Crippen LogP contribution is 2.43. The third kappa shape index (κ3) is 5.04. The number of nitrogens with zero attached hydrogens (tertiary/aromatic N) is 4. The van der Waals surface area contributed by atoms with E-state index in [1.807, 2.05) is 6.07 Å². The van der Waals surface area contributed by atoms with Crippen molar-refractivity contribution in [2.75, 3.05) is 0 Å². The number of aromatic nitrogens is 4. The zero-order valence-electron chi connectivity index (χ0n) is 30.4. The fraction of sp³-hybridized carbons (Fsp3) is 0. The lowest BCUT2D eigenvalue weighted by atomic mass is 10.0. The van der Waals surface area contributed by atoms with Crippen LogP contribution in [-0.4, -0.2) is 19.5 Å². The summed E-state index contributed by atoms with van der Waals surface area (Å²) in [5.74, 6) is 1.79. The predicted molar refractivity (Wildman–Crippen MR) is 236 cm³/mol. The summed E-state index contributed by atoms with van der Waals surface area (Å²) < 4.78 is 11.7. The van der Waals surface area contributed by atoms with Gasteiger partial charge in [0, 0.05) is 64.6 Å². The monoisotopic (exact) mass is 746 g/mol. The Kier molecular flexibility index (Phi) is 7.03. The van der Waals surface area contributed by atoms with Crippen LogP contribution in [0, 0.1) is 0 Å². The number of rotatable bonds is 5. The quantitative estimate of drug-likeness (QED) is 0.176. The van der Waals surface area contributed by atoms with Gasteiger partial charge in [0.2, 0.25) is 0 Å². The van der Waals surface area contributed by atoms with Gasteiger partial charge in [-0.3, -0.25) is 0 Å². The number of furan rings is 1. The first-order valence-corrected chi connectivity index (χ1v) is 19.8. The number of thiophene rings is 1. The molecule has 4 aromatic heterocycles. The maximum absolute atomic E-state index is 6.90. The first kappa shape index (κ1) is 31.9. The Balaban J connectivity index is 1.11. The van der Waals surface area contributed by atoms with E-state index in [9.17, 15) is 0 Å². The van der Waals surface area contributed by atoms with Gasteiger partial charge in [0.1, 0.15) is 11.2 Å². The lowest BCUT2D eigenvalue weighted by Crippen LogP contribution is -2.00. The highest BCUT2D eigenvalue weighted by Gasteiger charge is 2.22. The number of para-hydroxylation sites is 3. The Bertz CT molecular complexity index is 3530. The minimum absolute atomic E-state index is 0.560. The van der Waals surface area contributed by atoms with Crippen LogP contribution in [0.5, 0.6) is 0 Å². The lowest BCUT2D eigenvalue weighted by molar-refractivity contribution is 0.670. The standard InChI is InChI=1S/C51H30N4OS/c1-3-14-31(15-4-1)32-16-11-17-33(28-32)49-52-50(38-23-13-27-46-47(38)37-21-8-10-26-45(37)57-46)54-51(53-49)39-24-12-22-36-41-29-40-35-20-7-9-25-42(35)55(34-18-5-2-6-19-34)43(40)30-44(41)56-48(36)39/h1-30H. The first-order chi connectivity index (χ1) is 28.2. The maximum atomic E-state index is 6.90. The number of hydrogen-bond donors (Lipinski definition) is 0. The van der Waals surface area contributed by atoms with E-state index in [-0.39, 0.29) is 0 Å². The zero-order chi connectivity index (χ0) is 37.5. The van der Waals surface area contributed by atoms with E-state index >= 15 is 0 Å². The first-order valence-electron chi connectivity index (χ1n) is 19.0. The molecule has 12 aromatic rings. The van der Waals surface area contributed by atoms with Crippen LogP contribution in [-0.2, 0) is 0 Å². The van der Waals surface area contributed by atoms with Gasteiger partial charge in [-0.2, -0.15) is 0 Å². The van der Waals surface area contributed by atoms with Crippen molar-refractivity contribution >= 4 is 75.3 Å². The van der Waals surface area contributed by atoms with Crippen molar-refractivity contribution in [3.8, 4) is 51.0 Å². The molecule has 0 atom stereocenters. The van der Waals surface area contributed by atoms with Gasteiger partial charge in [-0.15, -0.1) is 11.3 Å². The molecule has 0 amide bonds. The Morgan fingerprint density at radius 3 is 1.91 bits per heavy atom. The molecule has 0 bridgehead atoms. The SMILES string of the molecule is c1ccc(-c2cccc(-c3nc(-c4cccc5c4oc4cc6c(cc45)c4ccccc4n6-c4ccccc4)nc(-c4cccc5sc6ccccc6c45)n3)c2)cc1. The molecule has 0 N–H and O–H groups in total. The van der Waals surface area contributed by atoms with Gasteiger partial charge in [-0.05, 0) is 59.7 Å². The highest BCUT2D eigenvalue weighted by atomic mass is 32.1. The molecule has 0 aliphatic rings. The predicted octanol–water partition coefficient (Wildman–Crippen LogP) is 13.9. The largest absolute Gasteiger partial charge is 0.455 e. The lowest BCUT2D eigenvalue weighted by Gasteiger charge is -2.11. The van der Waals surface area contributed by atoms with Gasteiger partial charge in [-0.25, -0.2) is 15.0 Å². The molecule has 0 aliphatic carbocycles. The van der Waals surface area contributed by atoms with E-state index < -0.39 is 0 Å². The molecule has 57 heavy (non-hydrogen) atoms. The average Bonchev–Trinajstić information content (AvgIpc) is 3.95. The smallest absolute Gasteiger partial charge is 0.167 e. The van der Waals surface area contributed by atoms with Crippen molar-refractivity contribution in [1.29, 1.82) is 0 Å². The Morgan fingerprint density at radius 1 is 0.404 bits per heavy atom. The fourth-order valence-electron chi connectivity index (χ4n) is 8.47. The van der Waals surface area contributed by atoms with Gasteiger partial charge in [0.05, 0.1) is 16.6 Å². The molecule has 0 unspecified atom stereocenters. The molecule has 0 radical (unpaired) electrons. The summed E-state index contributed by atoms with van der Waals surface area (Å²) in [5.41, 5.74) is 9.85. The van der Waals surface area contributed by atoms with Crippen molar-refractivity contribution in [2.24, 2.45) is 0 Å². The second kappa shape index (κ2) is 12.6. The number of hydrogen-bond acceptors (Lipinski definition) is 5. The van der Waals surface area contributed by atoms with Crippen LogP contribution < -0.4 is 0 Å². The summed E-state index contributed by atoms with van der Waals surface area (Å²) in [6.07, 6.45) is 0. The highest BCUT2D eigenvalue weighted by molar-refractivity contribution is 7.25. The molecular weight excluding hydrogens is 717 g/mol. The van der Waals surface area contributed by atoms with Crippen LogP contribution in [0.15, 0.2) is 186 Å². The molecule has 0 spiro atoms. The molecule has 5 nitrogen and oxygen atoms in total. The molecule has 0 saturated carbocycles. The molecule has 0 fully saturated rings. The second-order valence-corrected chi connectivity index (χ2v) is 15.5. The van der Waals surface area contributed by atoms with E-state index in [1.54, 1.807) is 11.3 Å². The van der Waals surface area contributed by atoms with Crippen molar-refractivity contribution in [3.05, 3.63) is 182 Å². The van der Waals surface area contributed by atoms with E-state index in [0.717, 1.165) is 71.9 Å². The molecule has 6 heteroatoms. The van der Waals surface area contributed by atoms with Gasteiger partial charge in [-0.1, -0.05) is 127 Å². The van der Waals surface area contributed by atoms with Crippen LogP contribution in [0.3, 0.4) is 0 Å². The third-order valence-corrected chi connectivity index (χ3v) is 12.2. The van der Waals surface area contributed by atoms with Gasteiger partial charge in [0.25, 0.3) is 0 Å². The maximum Gasteiger partial charge on any atom is 0.167 e. The minimum Gasteiger partial charge on any atom is -0.455 e. The molecule has 266 valence electrons. The third-order valence-electron chi connectivity index (χ3n) is 11.1. The van der Waals surface area contributed by atoms with Crippen molar-refractivity contribution < 1.29 is 4.42 Å². The summed E-state index contributed by atoms with van der Waals surface area (Å²) in [7, 11) is 0. The van der Waals surface area contributed by atoms with Crippen LogP contribution in [0.2, 0.25) is 0 Å². The minimum atomic E-state index is 0.560. The van der Waals surface area contributed by atoms with Gasteiger partial charge in [0.15, 0.2) is 17.5 Å². The van der Waals surface area contributed by atoms with Crippen LogP contribution in [0.25, 0.3) is 115 Å². The molecule has 8 aromatic carbocycles. The summed E-state index contributed by atoms with van der Waals surface area (Å²) >= 11 is 1.79. The van der Waals surface area contributed by atoms with Crippen LogP contribution in [0.1, 0.15) is 0 Å². The summed E-state index contributed by atoms with van der Waals surface area (Å²) in [5, 5.41) is 6.79. The Labute approximate surface area is 330 Å². The van der Waals surface area contributed by atoms with Crippen molar-refractivity contribution in [3.63, 3.8) is 0 Å². The molecule has 0 aliphatic heterocycles. The Hall–Kier alpha value is -7.41. The summed E-state index contributed by atoms with van der Waals surface area (Å²) in [6.45, 7) is 0. The van der Waals surface area contributed by atoms with E-state index in [4.69, 9.17) is 19.4 Å². The van der Waals surface area contributed by atoms with E-state index in [1.165, 1.54) is 25.6 Å². The Morgan fingerprint density at radius 2 is 1.04 bits per heavy atom. The van der Waals surface area contributed by atoms with Crippen molar-refractivity contribution in [2.45, 2.75) is 0 Å². The van der Waals surface area contributed by atoms with Crippen LogP contribution >= 0.6 is 11.3 Å². The molecular formula is C51H30N4OS. The molecule has 4 heterocycles. The van der Waals surface area contributed by atoms with E-state index in [0.29, 0.717) is 17.5 Å². The normalized spacial score (nSPS) is 11.9. The van der Waals surface area contributed by atoms with Crippen molar-refractivity contribution in [1.82, 2.24) is 19.5 Å². The molecule has 0 saturated heterocycles. The second-order valence-electron chi connectivity index (χ2n) is 14.4. The number of fused-ring (bicyclic) bond motifs is 9. The average molecular weight is 747 g/mol. The topological polar surface area (TPSA) is 56.7 Å².